The SMILES string of the molecule is CC(C)NCc1nnnn1C(C)C1CC1. The van der Waals surface area contributed by atoms with Crippen molar-refractivity contribution >= 4 is 0 Å². The van der Waals surface area contributed by atoms with Crippen LogP contribution in [0.5, 0.6) is 0 Å². The highest BCUT2D eigenvalue weighted by atomic mass is 15.6. The molecule has 1 N–H and O–H groups in total. The van der Waals surface area contributed by atoms with E-state index in [2.05, 4.69) is 41.6 Å². The molecular weight excluding hydrogens is 190 g/mol. The summed E-state index contributed by atoms with van der Waals surface area (Å²) in [4.78, 5) is 0. The Morgan fingerprint density at radius 3 is 2.73 bits per heavy atom. The Hall–Kier alpha value is -0.970. The van der Waals surface area contributed by atoms with Gasteiger partial charge < -0.3 is 5.32 Å². The molecule has 0 spiro atoms. The average Bonchev–Trinajstić information content (AvgIpc) is 2.93. The molecule has 0 radical (unpaired) electrons. The van der Waals surface area contributed by atoms with Crippen LogP contribution in [0.3, 0.4) is 0 Å². The molecule has 1 aromatic heterocycles. The molecule has 0 bridgehead atoms. The molecule has 84 valence electrons. The Bertz CT molecular complexity index is 315. The molecule has 0 aromatic carbocycles. The van der Waals surface area contributed by atoms with Gasteiger partial charge in [-0.1, -0.05) is 13.8 Å². The zero-order valence-corrected chi connectivity index (χ0v) is 9.64. The van der Waals surface area contributed by atoms with E-state index in [-0.39, 0.29) is 0 Å². The van der Waals surface area contributed by atoms with Crippen LogP contribution in [0.2, 0.25) is 0 Å². The Kier molecular flexibility index (Phi) is 3.00. The van der Waals surface area contributed by atoms with Crippen LogP contribution in [0.15, 0.2) is 0 Å². The van der Waals surface area contributed by atoms with Gasteiger partial charge in [0.05, 0.1) is 12.6 Å². The van der Waals surface area contributed by atoms with Crippen LogP contribution < -0.4 is 5.32 Å². The van der Waals surface area contributed by atoms with Gasteiger partial charge in [-0.25, -0.2) is 4.68 Å². The van der Waals surface area contributed by atoms with Crippen LogP contribution in [0.1, 0.15) is 45.5 Å². The van der Waals surface area contributed by atoms with Gasteiger partial charge in [0.1, 0.15) is 0 Å². The molecule has 1 aliphatic carbocycles. The lowest BCUT2D eigenvalue weighted by Crippen LogP contribution is -2.25. The third-order valence-corrected chi connectivity index (χ3v) is 2.92. The summed E-state index contributed by atoms with van der Waals surface area (Å²) in [5.41, 5.74) is 0. The van der Waals surface area contributed by atoms with E-state index in [0.717, 1.165) is 18.3 Å². The Morgan fingerprint density at radius 2 is 2.13 bits per heavy atom. The lowest BCUT2D eigenvalue weighted by molar-refractivity contribution is 0.405. The van der Waals surface area contributed by atoms with Gasteiger partial charge >= 0.3 is 0 Å². The molecule has 0 aliphatic heterocycles. The predicted octanol–water partition coefficient (Wildman–Crippen LogP) is 1.14. The second kappa shape index (κ2) is 4.26. The van der Waals surface area contributed by atoms with E-state index in [1.807, 2.05) is 4.68 Å². The molecule has 1 atom stereocenters. The van der Waals surface area contributed by atoms with Gasteiger partial charge in [-0.15, -0.1) is 5.10 Å². The summed E-state index contributed by atoms with van der Waals surface area (Å²) < 4.78 is 1.97. The first kappa shape index (κ1) is 10.5. The average molecular weight is 209 g/mol. The van der Waals surface area contributed by atoms with Crippen LogP contribution >= 0.6 is 0 Å². The van der Waals surface area contributed by atoms with Crippen molar-refractivity contribution in [3.63, 3.8) is 0 Å². The van der Waals surface area contributed by atoms with E-state index in [1.165, 1.54) is 12.8 Å². The molecule has 2 rings (SSSR count). The summed E-state index contributed by atoms with van der Waals surface area (Å²) in [5, 5.41) is 15.2. The summed E-state index contributed by atoms with van der Waals surface area (Å²) in [5.74, 6) is 1.73. The first-order chi connectivity index (χ1) is 7.18. The Morgan fingerprint density at radius 1 is 1.40 bits per heavy atom. The quantitative estimate of drug-likeness (QED) is 0.790. The maximum Gasteiger partial charge on any atom is 0.165 e. The van der Waals surface area contributed by atoms with Gasteiger partial charge in [-0.3, -0.25) is 0 Å². The van der Waals surface area contributed by atoms with Crippen LogP contribution in [0, 0.1) is 5.92 Å². The molecule has 5 heteroatoms. The minimum Gasteiger partial charge on any atom is -0.308 e. The topological polar surface area (TPSA) is 55.6 Å². The van der Waals surface area contributed by atoms with Gasteiger partial charge in [-0.05, 0) is 36.1 Å². The third kappa shape index (κ3) is 2.53. The molecule has 1 heterocycles. The zero-order chi connectivity index (χ0) is 10.8. The number of tetrazole rings is 1. The minimum atomic E-state index is 0.448. The largest absolute Gasteiger partial charge is 0.308 e. The predicted molar refractivity (Wildman–Crippen MR) is 57.2 cm³/mol. The van der Waals surface area contributed by atoms with Crippen molar-refractivity contribution in [1.82, 2.24) is 25.5 Å². The molecule has 1 aromatic rings. The number of aromatic nitrogens is 4. The highest BCUT2D eigenvalue weighted by molar-refractivity contribution is 4.89. The molecule has 0 amide bonds. The Labute approximate surface area is 90.2 Å². The van der Waals surface area contributed by atoms with Gasteiger partial charge in [0.2, 0.25) is 0 Å². The monoisotopic (exact) mass is 209 g/mol. The first-order valence-corrected chi connectivity index (χ1v) is 5.68. The molecule has 1 unspecified atom stereocenters. The van der Waals surface area contributed by atoms with Crippen LogP contribution in [-0.4, -0.2) is 26.2 Å². The van der Waals surface area contributed by atoms with Crippen LogP contribution in [0.25, 0.3) is 0 Å². The van der Waals surface area contributed by atoms with Crippen molar-refractivity contribution in [1.29, 1.82) is 0 Å². The van der Waals surface area contributed by atoms with E-state index in [0.29, 0.717) is 12.1 Å². The number of hydrogen-bond donors (Lipinski definition) is 1. The zero-order valence-electron chi connectivity index (χ0n) is 9.64. The maximum atomic E-state index is 4.07. The lowest BCUT2D eigenvalue weighted by atomic mass is 10.2. The number of rotatable bonds is 5. The van der Waals surface area contributed by atoms with Crippen molar-refractivity contribution in [3.8, 4) is 0 Å². The van der Waals surface area contributed by atoms with Gasteiger partial charge in [-0.2, -0.15) is 0 Å². The van der Waals surface area contributed by atoms with Crippen LogP contribution in [-0.2, 0) is 6.54 Å². The standard InChI is InChI=1S/C10H19N5/c1-7(2)11-6-10-12-13-14-15(10)8(3)9-4-5-9/h7-9,11H,4-6H2,1-3H3. The Balaban J connectivity index is 2.00. The molecule has 1 saturated carbocycles. The summed E-state index contributed by atoms with van der Waals surface area (Å²) in [6.45, 7) is 7.20. The van der Waals surface area contributed by atoms with E-state index < -0.39 is 0 Å². The molecule has 1 fully saturated rings. The van der Waals surface area contributed by atoms with Crippen molar-refractivity contribution in [3.05, 3.63) is 5.82 Å². The first-order valence-electron chi connectivity index (χ1n) is 5.68. The van der Waals surface area contributed by atoms with Gasteiger partial charge in [0, 0.05) is 6.04 Å². The number of hydrogen-bond acceptors (Lipinski definition) is 4. The third-order valence-electron chi connectivity index (χ3n) is 2.92. The van der Waals surface area contributed by atoms with E-state index >= 15 is 0 Å². The maximum absolute atomic E-state index is 4.07. The highest BCUT2D eigenvalue weighted by Gasteiger charge is 2.31. The van der Waals surface area contributed by atoms with Crippen LogP contribution in [0.4, 0.5) is 0 Å². The fourth-order valence-corrected chi connectivity index (χ4v) is 1.72. The minimum absolute atomic E-state index is 0.448. The van der Waals surface area contributed by atoms with Gasteiger partial charge in [0.15, 0.2) is 5.82 Å². The van der Waals surface area contributed by atoms with Gasteiger partial charge in [0.25, 0.3) is 0 Å². The van der Waals surface area contributed by atoms with Crippen molar-refractivity contribution in [2.45, 2.75) is 52.2 Å². The molecule has 5 nitrogen and oxygen atoms in total. The second-order valence-corrected chi connectivity index (χ2v) is 4.65. The smallest absolute Gasteiger partial charge is 0.165 e. The van der Waals surface area contributed by atoms with E-state index in [4.69, 9.17) is 0 Å². The van der Waals surface area contributed by atoms with E-state index in [1.54, 1.807) is 0 Å². The number of nitrogens with zero attached hydrogens (tertiary/aromatic N) is 4. The summed E-state index contributed by atoms with van der Waals surface area (Å²) in [6, 6.07) is 0.912. The van der Waals surface area contributed by atoms with Crippen molar-refractivity contribution < 1.29 is 0 Å². The molecule has 0 saturated heterocycles. The number of nitrogens with one attached hydrogen (secondary N) is 1. The molecule has 15 heavy (non-hydrogen) atoms. The second-order valence-electron chi connectivity index (χ2n) is 4.65. The fraction of sp³-hybridized carbons (Fsp3) is 0.900. The lowest BCUT2D eigenvalue weighted by Gasteiger charge is -2.13. The van der Waals surface area contributed by atoms with E-state index in [9.17, 15) is 0 Å². The summed E-state index contributed by atoms with van der Waals surface area (Å²) >= 11 is 0. The molecule has 1 aliphatic rings. The highest BCUT2D eigenvalue weighted by Crippen LogP contribution is 2.39. The summed E-state index contributed by atoms with van der Waals surface area (Å²) in [7, 11) is 0. The normalized spacial score (nSPS) is 18.4. The fourth-order valence-electron chi connectivity index (χ4n) is 1.72. The van der Waals surface area contributed by atoms with Crippen molar-refractivity contribution in [2.75, 3.05) is 0 Å². The van der Waals surface area contributed by atoms with Crippen molar-refractivity contribution in [2.24, 2.45) is 5.92 Å². The molecular formula is C10H19N5. The summed E-state index contributed by atoms with van der Waals surface area (Å²) in [6.07, 6.45) is 2.64.